The number of aryl methyl sites for hydroxylation is 1. The van der Waals surface area contributed by atoms with E-state index in [0.29, 0.717) is 43.2 Å². The van der Waals surface area contributed by atoms with Crippen LogP contribution in [-0.4, -0.2) is 30.2 Å². The van der Waals surface area contributed by atoms with Gasteiger partial charge in [-0.1, -0.05) is 30.3 Å². The van der Waals surface area contributed by atoms with Crippen LogP contribution in [0.3, 0.4) is 0 Å². The fraction of sp³-hybridized carbons (Fsp3) is 0.300. The molecule has 2 aromatic carbocycles. The van der Waals surface area contributed by atoms with Crippen LogP contribution in [-0.2, 0) is 17.8 Å². The Kier molecular flexibility index (Phi) is 5.73. The number of rotatable bonds is 6. The van der Waals surface area contributed by atoms with Crippen molar-refractivity contribution >= 4 is 11.9 Å². The smallest absolute Gasteiger partial charge is 0.335 e. The molecule has 0 spiro atoms. The van der Waals surface area contributed by atoms with Gasteiger partial charge in [-0.15, -0.1) is 0 Å². The van der Waals surface area contributed by atoms with E-state index >= 15 is 0 Å². The van der Waals surface area contributed by atoms with Crippen LogP contribution in [0.2, 0.25) is 0 Å². The molecule has 0 aromatic heterocycles. The van der Waals surface area contributed by atoms with E-state index in [9.17, 15) is 14.7 Å². The second kappa shape index (κ2) is 8.38. The third-order valence-corrected chi connectivity index (χ3v) is 4.20. The maximum Gasteiger partial charge on any atom is 0.335 e. The van der Waals surface area contributed by atoms with E-state index in [4.69, 9.17) is 9.47 Å². The second-order valence-electron chi connectivity index (χ2n) is 6.03. The van der Waals surface area contributed by atoms with Crippen LogP contribution in [0.15, 0.2) is 42.5 Å². The largest absolute Gasteiger partial charge is 0.490 e. The van der Waals surface area contributed by atoms with Gasteiger partial charge in [0.25, 0.3) is 0 Å². The van der Waals surface area contributed by atoms with Crippen LogP contribution in [0.4, 0.5) is 0 Å². The summed E-state index contributed by atoms with van der Waals surface area (Å²) in [6.45, 7) is 1.54. The van der Waals surface area contributed by atoms with Gasteiger partial charge in [-0.2, -0.15) is 0 Å². The molecule has 3 rings (SSSR count). The molecular formula is C20H21NO5. The quantitative estimate of drug-likeness (QED) is 0.832. The monoisotopic (exact) mass is 355 g/mol. The van der Waals surface area contributed by atoms with Crippen molar-refractivity contribution in [2.24, 2.45) is 0 Å². The number of hydrogen-bond acceptors (Lipinski definition) is 4. The summed E-state index contributed by atoms with van der Waals surface area (Å²) in [7, 11) is 0. The predicted octanol–water partition coefficient (Wildman–Crippen LogP) is 2.80. The molecule has 1 heterocycles. The second-order valence-corrected chi connectivity index (χ2v) is 6.03. The van der Waals surface area contributed by atoms with E-state index in [1.54, 1.807) is 24.3 Å². The average Bonchev–Trinajstić information content (AvgIpc) is 2.90. The Balaban J connectivity index is 1.58. The first-order chi connectivity index (χ1) is 12.6. The third-order valence-electron chi connectivity index (χ3n) is 4.20. The number of carboxylic acids is 1. The van der Waals surface area contributed by atoms with Crippen molar-refractivity contribution in [3.05, 3.63) is 59.2 Å². The number of hydrogen-bond donors (Lipinski definition) is 2. The summed E-state index contributed by atoms with van der Waals surface area (Å²) in [6, 6.07) is 12.4. The standard InChI is InChI=1S/C20H21NO5/c22-18(10-9-14-5-1-2-7-16(14)20(23)24)21-13-15-6-3-8-17-19(15)26-12-4-11-25-17/h1-3,5-8H,4,9-13H2,(H,21,22)(H,23,24). The number of carboxylic acid groups (broad SMARTS) is 1. The SMILES string of the molecule is O=C(CCc1ccccc1C(=O)O)NCc1cccc2c1OCCCO2. The highest BCUT2D eigenvalue weighted by Gasteiger charge is 2.15. The van der Waals surface area contributed by atoms with Crippen LogP contribution in [0.25, 0.3) is 0 Å². The van der Waals surface area contributed by atoms with Gasteiger partial charge in [0.2, 0.25) is 5.91 Å². The molecule has 1 aliphatic rings. The maximum atomic E-state index is 12.2. The van der Waals surface area contributed by atoms with E-state index in [0.717, 1.165) is 12.0 Å². The molecule has 0 unspecified atom stereocenters. The van der Waals surface area contributed by atoms with Crippen LogP contribution in [0.1, 0.15) is 34.3 Å². The third kappa shape index (κ3) is 4.33. The summed E-state index contributed by atoms with van der Waals surface area (Å²) in [4.78, 5) is 23.4. The zero-order chi connectivity index (χ0) is 18.4. The fourth-order valence-electron chi connectivity index (χ4n) is 2.87. The molecule has 0 radical (unpaired) electrons. The average molecular weight is 355 g/mol. The minimum absolute atomic E-state index is 0.141. The van der Waals surface area contributed by atoms with Crippen LogP contribution in [0.5, 0.6) is 11.5 Å². The van der Waals surface area contributed by atoms with Gasteiger partial charge in [0.15, 0.2) is 11.5 Å². The minimum Gasteiger partial charge on any atom is -0.490 e. The Labute approximate surface area is 151 Å². The van der Waals surface area contributed by atoms with Crippen molar-refractivity contribution < 1.29 is 24.2 Å². The number of amides is 1. The summed E-state index contributed by atoms with van der Waals surface area (Å²) in [5, 5.41) is 12.1. The number of carbonyl (C=O) groups is 2. The van der Waals surface area contributed by atoms with E-state index in [1.165, 1.54) is 0 Å². The summed E-state index contributed by atoms with van der Waals surface area (Å²) in [5.74, 6) is 0.258. The predicted molar refractivity (Wildman–Crippen MR) is 95.6 cm³/mol. The van der Waals surface area contributed by atoms with Crippen molar-refractivity contribution in [2.45, 2.75) is 25.8 Å². The van der Waals surface area contributed by atoms with Crippen LogP contribution < -0.4 is 14.8 Å². The molecule has 0 aliphatic carbocycles. The van der Waals surface area contributed by atoms with E-state index < -0.39 is 5.97 Å². The highest BCUT2D eigenvalue weighted by Crippen LogP contribution is 2.33. The van der Waals surface area contributed by atoms with Crippen molar-refractivity contribution in [3.63, 3.8) is 0 Å². The molecular weight excluding hydrogens is 334 g/mol. The Bertz CT molecular complexity index is 803. The normalized spacial score (nSPS) is 12.9. The first-order valence-electron chi connectivity index (χ1n) is 8.60. The van der Waals surface area contributed by atoms with Gasteiger partial charge in [-0.05, 0) is 24.1 Å². The molecule has 0 fully saturated rings. The van der Waals surface area contributed by atoms with Gasteiger partial charge >= 0.3 is 5.97 Å². The highest BCUT2D eigenvalue weighted by molar-refractivity contribution is 5.89. The maximum absolute atomic E-state index is 12.2. The molecule has 0 atom stereocenters. The molecule has 2 aromatic rings. The number of aromatic carboxylic acids is 1. The minimum atomic E-state index is -0.981. The summed E-state index contributed by atoms with van der Waals surface area (Å²) in [6.07, 6.45) is 1.42. The van der Waals surface area contributed by atoms with Gasteiger partial charge in [0.1, 0.15) is 0 Å². The number of carbonyl (C=O) groups excluding carboxylic acids is 1. The van der Waals surface area contributed by atoms with E-state index in [-0.39, 0.29) is 17.9 Å². The topological polar surface area (TPSA) is 84.9 Å². The van der Waals surface area contributed by atoms with Crippen molar-refractivity contribution in [1.29, 1.82) is 0 Å². The Morgan fingerprint density at radius 1 is 1.00 bits per heavy atom. The lowest BCUT2D eigenvalue weighted by molar-refractivity contribution is -0.121. The molecule has 136 valence electrons. The lowest BCUT2D eigenvalue weighted by Crippen LogP contribution is -2.23. The highest BCUT2D eigenvalue weighted by atomic mass is 16.5. The lowest BCUT2D eigenvalue weighted by atomic mass is 10.0. The Morgan fingerprint density at radius 3 is 2.62 bits per heavy atom. The van der Waals surface area contributed by atoms with Crippen molar-refractivity contribution in [2.75, 3.05) is 13.2 Å². The van der Waals surface area contributed by atoms with E-state index in [1.807, 2.05) is 18.2 Å². The number of benzene rings is 2. The Hall–Kier alpha value is -3.02. The lowest BCUT2D eigenvalue weighted by Gasteiger charge is -2.13. The Morgan fingerprint density at radius 2 is 1.77 bits per heavy atom. The van der Waals surface area contributed by atoms with Gasteiger partial charge in [-0.3, -0.25) is 4.79 Å². The zero-order valence-electron chi connectivity index (χ0n) is 14.4. The van der Waals surface area contributed by atoms with Crippen LogP contribution >= 0.6 is 0 Å². The van der Waals surface area contributed by atoms with Gasteiger partial charge < -0.3 is 19.9 Å². The number of para-hydroxylation sites is 1. The molecule has 0 saturated heterocycles. The van der Waals surface area contributed by atoms with E-state index in [2.05, 4.69) is 5.32 Å². The van der Waals surface area contributed by atoms with Crippen molar-refractivity contribution in [1.82, 2.24) is 5.32 Å². The molecule has 0 bridgehead atoms. The first kappa shape index (κ1) is 17.8. The van der Waals surface area contributed by atoms with Gasteiger partial charge in [0.05, 0.1) is 18.8 Å². The van der Waals surface area contributed by atoms with Crippen molar-refractivity contribution in [3.8, 4) is 11.5 Å². The molecule has 2 N–H and O–H groups in total. The van der Waals surface area contributed by atoms with Crippen LogP contribution in [0, 0.1) is 0 Å². The molecule has 26 heavy (non-hydrogen) atoms. The fourth-order valence-corrected chi connectivity index (χ4v) is 2.87. The van der Waals surface area contributed by atoms with Gasteiger partial charge in [0, 0.05) is 24.9 Å². The molecule has 0 saturated carbocycles. The molecule has 1 amide bonds. The number of ether oxygens (including phenoxy) is 2. The van der Waals surface area contributed by atoms with Gasteiger partial charge in [-0.25, -0.2) is 4.79 Å². The number of nitrogens with one attached hydrogen (secondary N) is 1. The molecule has 1 aliphatic heterocycles. The summed E-state index contributed by atoms with van der Waals surface area (Å²) >= 11 is 0. The molecule has 6 nitrogen and oxygen atoms in total. The molecule has 6 heteroatoms. The first-order valence-corrected chi connectivity index (χ1v) is 8.60. The summed E-state index contributed by atoms with van der Waals surface area (Å²) in [5.41, 5.74) is 1.75. The number of fused-ring (bicyclic) bond motifs is 1. The zero-order valence-corrected chi connectivity index (χ0v) is 14.4. The summed E-state index contributed by atoms with van der Waals surface area (Å²) < 4.78 is 11.4.